The Hall–Kier alpha value is -2.20. The Labute approximate surface area is 251 Å². The van der Waals surface area contributed by atoms with Gasteiger partial charge in [-0.15, -0.1) is 0 Å². The van der Waals surface area contributed by atoms with E-state index in [-0.39, 0.29) is 5.56 Å². The van der Waals surface area contributed by atoms with Crippen LogP contribution in [0, 0.1) is 0 Å². The Morgan fingerprint density at radius 2 is 1.76 bits per heavy atom. The van der Waals surface area contributed by atoms with E-state index in [9.17, 15) is 4.79 Å². The normalized spacial score (nSPS) is 11.4. The largest absolute Gasteiger partial charge is 0.490 e. The Morgan fingerprint density at radius 1 is 1.03 bits per heavy atom. The number of hydrogen-bond acceptors (Lipinski definition) is 5. The predicted molar refractivity (Wildman–Crippen MR) is 164 cm³/mol. The molecular weight excluding hydrogens is 701 g/mol. The third kappa shape index (κ3) is 6.68. The van der Waals surface area contributed by atoms with Gasteiger partial charge in [-0.3, -0.25) is 4.79 Å². The third-order valence-corrected chi connectivity index (χ3v) is 8.16. The molecule has 38 heavy (non-hydrogen) atoms. The molecule has 0 saturated carbocycles. The van der Waals surface area contributed by atoms with E-state index in [1.807, 2.05) is 43.3 Å². The van der Waals surface area contributed by atoms with Crippen LogP contribution >= 0.6 is 59.4 Å². The van der Waals surface area contributed by atoms with Crippen LogP contribution in [0.3, 0.4) is 0 Å². The lowest BCUT2D eigenvalue weighted by molar-refractivity contribution is 0.269. The van der Waals surface area contributed by atoms with E-state index in [0.29, 0.717) is 62.9 Å². The van der Waals surface area contributed by atoms with Gasteiger partial charge < -0.3 is 9.47 Å². The number of fused-ring (bicyclic) bond motifs is 1. The molecule has 0 amide bonds. The van der Waals surface area contributed by atoms with Crippen LogP contribution in [0.15, 0.2) is 71.8 Å². The fraction of sp³-hybridized carbons (Fsp3) is 0.250. The van der Waals surface area contributed by atoms with Crippen molar-refractivity contribution in [3.63, 3.8) is 0 Å². The van der Waals surface area contributed by atoms with Crippen molar-refractivity contribution in [2.75, 3.05) is 6.61 Å². The molecule has 10 heteroatoms. The van der Waals surface area contributed by atoms with E-state index in [4.69, 9.17) is 26.1 Å². The van der Waals surface area contributed by atoms with Gasteiger partial charge >= 0.3 is 0 Å². The van der Waals surface area contributed by atoms with Crippen molar-refractivity contribution in [3.05, 3.63) is 94.3 Å². The standard InChI is InChI=1S/C28H25Br3ClN3O3/c1-3-5-6-24-34-22-12-11-20(30)14-21(22)28(36)35(24)33-15-18-13-23(37-4-2)27(26(32)25(18)31)38-16-17-7-9-19(29)10-8-17/h7-15H,3-6,16H2,1-2H3. The van der Waals surface area contributed by atoms with Gasteiger partial charge in [0, 0.05) is 25.4 Å². The quantitative estimate of drug-likeness (QED) is 0.154. The minimum absolute atomic E-state index is 0.236. The van der Waals surface area contributed by atoms with E-state index in [1.54, 1.807) is 18.3 Å². The molecule has 6 nitrogen and oxygen atoms in total. The summed E-state index contributed by atoms with van der Waals surface area (Å²) in [7, 11) is 0. The summed E-state index contributed by atoms with van der Waals surface area (Å²) in [5, 5.41) is 5.40. The maximum Gasteiger partial charge on any atom is 0.282 e. The number of unbranched alkanes of at least 4 members (excludes halogenated alkanes) is 1. The Bertz CT molecular complexity index is 1540. The molecule has 0 aliphatic heterocycles. The average molecular weight is 727 g/mol. The fourth-order valence-corrected chi connectivity index (χ4v) is 5.04. The average Bonchev–Trinajstić information content (AvgIpc) is 2.91. The number of rotatable bonds is 10. The molecule has 0 aliphatic carbocycles. The van der Waals surface area contributed by atoms with Crippen molar-refractivity contribution in [1.82, 2.24) is 9.66 Å². The number of benzene rings is 3. The van der Waals surface area contributed by atoms with Crippen molar-refractivity contribution in [3.8, 4) is 11.5 Å². The van der Waals surface area contributed by atoms with E-state index < -0.39 is 0 Å². The van der Waals surface area contributed by atoms with Crippen molar-refractivity contribution in [1.29, 1.82) is 0 Å². The molecule has 0 radical (unpaired) electrons. The van der Waals surface area contributed by atoms with Crippen molar-refractivity contribution in [2.45, 2.75) is 39.7 Å². The molecule has 3 aromatic carbocycles. The lowest BCUT2D eigenvalue weighted by Gasteiger charge is -2.16. The molecule has 0 saturated heterocycles. The highest BCUT2D eigenvalue weighted by atomic mass is 79.9. The minimum Gasteiger partial charge on any atom is -0.490 e. The fourth-order valence-electron chi connectivity index (χ4n) is 3.76. The SMILES string of the molecule is CCCCc1nc2ccc(Br)cc2c(=O)n1N=Cc1cc(OCC)c(OCc2ccc(Br)cc2)c(Cl)c1Br. The second-order valence-corrected chi connectivity index (χ2v) is 11.4. The Balaban J connectivity index is 1.73. The van der Waals surface area contributed by atoms with E-state index in [0.717, 1.165) is 27.4 Å². The van der Waals surface area contributed by atoms with Crippen LogP contribution in [-0.4, -0.2) is 22.5 Å². The number of aromatic nitrogens is 2. The van der Waals surface area contributed by atoms with Gasteiger partial charge in [0.1, 0.15) is 17.5 Å². The van der Waals surface area contributed by atoms with E-state index in [2.05, 4.69) is 59.8 Å². The van der Waals surface area contributed by atoms with Gasteiger partial charge in [0.05, 0.1) is 23.7 Å². The first-order chi connectivity index (χ1) is 18.3. The molecule has 0 N–H and O–H groups in total. The molecule has 198 valence electrons. The molecule has 0 bridgehead atoms. The Morgan fingerprint density at radius 3 is 2.47 bits per heavy atom. The second kappa shape index (κ2) is 13.2. The number of ether oxygens (including phenoxy) is 2. The Kier molecular flexibility index (Phi) is 10.0. The monoisotopic (exact) mass is 723 g/mol. The molecule has 0 atom stereocenters. The van der Waals surface area contributed by atoms with Gasteiger partial charge in [-0.2, -0.15) is 9.78 Å². The molecular formula is C28H25Br3ClN3O3. The van der Waals surface area contributed by atoms with Crippen molar-refractivity contribution < 1.29 is 9.47 Å². The smallest absolute Gasteiger partial charge is 0.282 e. The zero-order valence-electron chi connectivity index (χ0n) is 20.8. The lowest BCUT2D eigenvalue weighted by Crippen LogP contribution is -2.22. The zero-order valence-corrected chi connectivity index (χ0v) is 26.3. The van der Waals surface area contributed by atoms with Crippen LogP contribution in [0.2, 0.25) is 5.02 Å². The van der Waals surface area contributed by atoms with E-state index in [1.165, 1.54) is 4.68 Å². The summed E-state index contributed by atoms with van der Waals surface area (Å²) in [5.74, 6) is 1.52. The van der Waals surface area contributed by atoms with Crippen LogP contribution in [0.25, 0.3) is 10.9 Å². The van der Waals surface area contributed by atoms with E-state index >= 15 is 0 Å². The van der Waals surface area contributed by atoms with Crippen LogP contribution in [-0.2, 0) is 13.0 Å². The number of halogens is 4. The highest BCUT2D eigenvalue weighted by molar-refractivity contribution is 9.11. The van der Waals surface area contributed by atoms with Gasteiger partial charge in [0.15, 0.2) is 11.5 Å². The first-order valence-corrected chi connectivity index (χ1v) is 14.9. The van der Waals surface area contributed by atoms with Gasteiger partial charge in [-0.1, -0.05) is 68.9 Å². The molecule has 0 aliphatic rings. The second-order valence-electron chi connectivity index (χ2n) is 8.42. The van der Waals surface area contributed by atoms with Crippen LogP contribution in [0.1, 0.15) is 43.6 Å². The van der Waals surface area contributed by atoms with Crippen molar-refractivity contribution >= 4 is 76.5 Å². The highest BCUT2D eigenvalue weighted by Gasteiger charge is 2.18. The maximum atomic E-state index is 13.4. The summed E-state index contributed by atoms with van der Waals surface area (Å²) in [6.45, 7) is 4.73. The summed E-state index contributed by atoms with van der Waals surface area (Å²) in [5.41, 5.74) is 2.03. The zero-order chi connectivity index (χ0) is 27.2. The molecule has 0 fully saturated rings. The van der Waals surface area contributed by atoms with Crippen molar-refractivity contribution in [2.24, 2.45) is 5.10 Å². The lowest BCUT2D eigenvalue weighted by atomic mass is 10.2. The summed E-state index contributed by atoms with van der Waals surface area (Å²) in [6.07, 6.45) is 4.07. The first kappa shape index (κ1) is 28.8. The number of hydrogen-bond donors (Lipinski definition) is 0. The summed E-state index contributed by atoms with van der Waals surface area (Å²) < 4.78 is 15.7. The highest BCUT2D eigenvalue weighted by Crippen LogP contribution is 2.42. The first-order valence-electron chi connectivity index (χ1n) is 12.1. The third-order valence-electron chi connectivity index (χ3n) is 5.69. The molecule has 0 unspecified atom stereocenters. The van der Waals surface area contributed by atoms with Gasteiger partial charge in [0.2, 0.25) is 0 Å². The summed E-state index contributed by atoms with van der Waals surface area (Å²) in [6, 6.07) is 15.1. The van der Waals surface area contributed by atoms with Gasteiger partial charge in [-0.25, -0.2) is 4.98 Å². The van der Waals surface area contributed by atoms with Crippen LogP contribution in [0.5, 0.6) is 11.5 Å². The van der Waals surface area contributed by atoms with Gasteiger partial charge in [0.25, 0.3) is 5.56 Å². The molecule has 4 aromatic rings. The topological polar surface area (TPSA) is 65.7 Å². The summed E-state index contributed by atoms with van der Waals surface area (Å²) >= 11 is 17.2. The molecule has 1 aromatic heterocycles. The van der Waals surface area contributed by atoms with Crippen LogP contribution in [0.4, 0.5) is 0 Å². The predicted octanol–water partition coefficient (Wildman–Crippen LogP) is 8.54. The summed E-state index contributed by atoms with van der Waals surface area (Å²) in [4.78, 5) is 18.1. The number of aryl methyl sites for hydroxylation is 1. The van der Waals surface area contributed by atoms with Gasteiger partial charge in [-0.05, 0) is 71.2 Å². The molecule has 4 rings (SSSR count). The minimum atomic E-state index is -0.236. The maximum absolute atomic E-state index is 13.4. The molecule has 1 heterocycles. The van der Waals surface area contributed by atoms with Crippen LogP contribution < -0.4 is 15.0 Å². The molecule has 0 spiro atoms. The number of nitrogens with zero attached hydrogens (tertiary/aromatic N) is 3.